The highest BCUT2D eigenvalue weighted by Gasteiger charge is 2.32. The van der Waals surface area contributed by atoms with Gasteiger partial charge in [-0.2, -0.15) is 0 Å². The summed E-state index contributed by atoms with van der Waals surface area (Å²) in [6.45, 7) is 0. The number of phenols is 1. The third-order valence-corrected chi connectivity index (χ3v) is 11.2. The molecule has 10 rings (SSSR count). The van der Waals surface area contributed by atoms with E-state index in [0.717, 1.165) is 38.5 Å². The number of allylic oxidation sites excluding steroid dienone is 5. The van der Waals surface area contributed by atoms with E-state index in [-0.39, 0.29) is 45.1 Å². The molecule has 0 bridgehead atoms. The molecule has 2 unspecified atom stereocenters. The van der Waals surface area contributed by atoms with Crippen LogP contribution >= 0.6 is 0 Å². The van der Waals surface area contributed by atoms with Crippen LogP contribution in [0.5, 0.6) is 5.75 Å². The molecule has 0 aliphatic heterocycles. The molecule has 244 valence electrons. The van der Waals surface area contributed by atoms with Crippen LogP contribution in [0, 0.1) is 5.92 Å². The SMILES string of the molecule is [B]c1c([B])c([B])c(-n2c(-c3cccc(-c4c5ccccc5c(C5=Cc6ccccc6C6C=CC=CC56)c5ccccc45)c3)nc3ccccc32)c(O)c1[B]. The first kappa shape index (κ1) is 32.5. The van der Waals surface area contributed by atoms with Gasteiger partial charge >= 0.3 is 0 Å². The molecule has 0 amide bonds. The molecule has 7 aromatic carbocycles. The van der Waals surface area contributed by atoms with E-state index in [0.29, 0.717) is 5.82 Å². The molecule has 3 nitrogen and oxygen atoms in total. The van der Waals surface area contributed by atoms with E-state index in [4.69, 9.17) is 36.4 Å². The highest BCUT2D eigenvalue weighted by atomic mass is 16.3. The normalized spacial score (nSPS) is 16.1. The number of fused-ring (bicyclic) bond motifs is 6. The molecule has 2 aliphatic rings. The molecule has 1 aromatic heterocycles. The number of imidazole rings is 1. The lowest BCUT2D eigenvalue weighted by molar-refractivity contribution is 0.478. The lowest BCUT2D eigenvalue weighted by atomic mass is 9.66. The van der Waals surface area contributed by atoms with Gasteiger partial charge in [0.15, 0.2) is 0 Å². The molecule has 0 saturated heterocycles. The van der Waals surface area contributed by atoms with Crippen LogP contribution in [-0.2, 0) is 0 Å². The van der Waals surface area contributed by atoms with E-state index in [2.05, 4.69) is 115 Å². The highest BCUT2D eigenvalue weighted by Crippen LogP contribution is 2.50. The van der Waals surface area contributed by atoms with Gasteiger partial charge in [0, 0.05) is 17.4 Å². The first-order chi connectivity index (χ1) is 26.4. The van der Waals surface area contributed by atoms with Crippen LogP contribution in [0.2, 0.25) is 0 Å². The van der Waals surface area contributed by atoms with Gasteiger partial charge in [0.1, 0.15) is 43.0 Å². The van der Waals surface area contributed by atoms with Crippen molar-refractivity contribution in [2.75, 3.05) is 0 Å². The second kappa shape index (κ2) is 12.5. The fourth-order valence-corrected chi connectivity index (χ4v) is 8.69. The van der Waals surface area contributed by atoms with E-state index in [1.807, 2.05) is 41.0 Å². The summed E-state index contributed by atoms with van der Waals surface area (Å²) >= 11 is 0. The van der Waals surface area contributed by atoms with Gasteiger partial charge in [-0.05, 0) is 73.1 Å². The van der Waals surface area contributed by atoms with Gasteiger partial charge in [0.05, 0.1) is 16.7 Å². The van der Waals surface area contributed by atoms with Gasteiger partial charge in [-0.15, -0.1) is 10.9 Å². The Morgan fingerprint density at radius 2 is 1.15 bits per heavy atom. The number of para-hydroxylation sites is 2. The molecule has 1 heterocycles. The van der Waals surface area contributed by atoms with Crippen LogP contribution in [0.25, 0.3) is 72.4 Å². The average molecular weight is 680 g/mol. The van der Waals surface area contributed by atoms with E-state index >= 15 is 0 Å². The topological polar surface area (TPSA) is 38.0 Å². The summed E-state index contributed by atoms with van der Waals surface area (Å²) in [6.07, 6.45) is 11.5. The summed E-state index contributed by atoms with van der Waals surface area (Å²) < 4.78 is 1.82. The number of hydrogen-bond acceptors (Lipinski definition) is 2. The Labute approximate surface area is 319 Å². The number of rotatable bonds is 4. The minimum atomic E-state index is -0.252. The lowest BCUT2D eigenvalue weighted by Crippen LogP contribution is -2.49. The van der Waals surface area contributed by atoms with Crippen molar-refractivity contribution in [1.82, 2.24) is 9.55 Å². The number of aromatic nitrogens is 2. The second-order valence-corrected chi connectivity index (χ2v) is 14.1. The highest BCUT2D eigenvalue weighted by molar-refractivity contribution is 6.64. The Kier molecular flexibility index (Phi) is 7.49. The van der Waals surface area contributed by atoms with Crippen molar-refractivity contribution >= 4 is 97.5 Å². The molecule has 8 radical (unpaired) electrons. The van der Waals surface area contributed by atoms with E-state index in [1.165, 1.54) is 33.0 Å². The minimum absolute atomic E-state index is 0.0326. The lowest BCUT2D eigenvalue weighted by Gasteiger charge is -2.34. The van der Waals surface area contributed by atoms with Crippen LogP contribution in [0.4, 0.5) is 0 Å². The molecule has 8 aromatic rings. The number of benzene rings is 7. The Morgan fingerprint density at radius 1 is 0.556 bits per heavy atom. The van der Waals surface area contributed by atoms with Crippen LogP contribution in [-0.4, -0.2) is 46.0 Å². The summed E-state index contributed by atoms with van der Waals surface area (Å²) in [5, 5.41) is 16.1. The van der Waals surface area contributed by atoms with Crippen LogP contribution in [0.3, 0.4) is 0 Å². The van der Waals surface area contributed by atoms with Crippen LogP contribution in [0.15, 0.2) is 146 Å². The third kappa shape index (κ3) is 4.77. The van der Waals surface area contributed by atoms with Crippen LogP contribution < -0.4 is 21.9 Å². The molecule has 2 atom stereocenters. The monoisotopic (exact) mass is 680 g/mol. The molecule has 1 N–H and O–H groups in total. The fourth-order valence-electron chi connectivity index (χ4n) is 8.69. The third-order valence-electron chi connectivity index (χ3n) is 11.2. The van der Waals surface area contributed by atoms with Crippen molar-refractivity contribution in [3.8, 4) is 34.0 Å². The zero-order valence-electron chi connectivity index (χ0n) is 29.2. The molecule has 0 saturated carbocycles. The number of nitrogens with zero attached hydrogens (tertiary/aromatic N) is 2. The summed E-state index contributed by atoms with van der Waals surface area (Å²) in [5.41, 5.74) is 10.1. The van der Waals surface area contributed by atoms with Crippen molar-refractivity contribution < 1.29 is 5.11 Å². The van der Waals surface area contributed by atoms with Crippen LogP contribution in [0.1, 0.15) is 22.6 Å². The molecule has 0 spiro atoms. The van der Waals surface area contributed by atoms with E-state index in [9.17, 15) is 5.11 Å². The smallest absolute Gasteiger partial charge is 0.145 e. The predicted octanol–water partition coefficient (Wildman–Crippen LogP) is 6.93. The Balaban J connectivity index is 1.23. The van der Waals surface area contributed by atoms with Crippen molar-refractivity contribution in [3.05, 3.63) is 162 Å². The maximum atomic E-state index is 11.4. The van der Waals surface area contributed by atoms with Gasteiger partial charge < -0.3 is 5.11 Å². The fraction of sp³-hybridized carbons (Fsp3) is 0.0426. The Bertz CT molecular complexity index is 2890. The number of aromatic hydroxyl groups is 1. The van der Waals surface area contributed by atoms with Gasteiger partial charge in [-0.1, -0.05) is 144 Å². The summed E-state index contributed by atoms with van der Waals surface area (Å²) in [4.78, 5) is 5.08. The maximum Gasteiger partial charge on any atom is 0.145 e. The largest absolute Gasteiger partial charge is 0.506 e. The average Bonchev–Trinajstić information content (AvgIpc) is 3.60. The quantitative estimate of drug-likeness (QED) is 0.162. The zero-order chi connectivity index (χ0) is 36.7. The summed E-state index contributed by atoms with van der Waals surface area (Å²) in [6, 6.07) is 42.3. The van der Waals surface area contributed by atoms with E-state index < -0.39 is 0 Å². The van der Waals surface area contributed by atoms with Gasteiger partial charge in [-0.25, -0.2) is 4.98 Å². The summed E-state index contributed by atoms with van der Waals surface area (Å²) in [5.74, 6) is 0.791. The van der Waals surface area contributed by atoms with Gasteiger partial charge in [0.25, 0.3) is 0 Å². The summed E-state index contributed by atoms with van der Waals surface area (Å²) in [7, 11) is 25.3. The molecular weight excluding hydrogens is 652 g/mol. The first-order valence-corrected chi connectivity index (χ1v) is 18.0. The first-order valence-electron chi connectivity index (χ1n) is 18.0. The zero-order valence-corrected chi connectivity index (χ0v) is 29.2. The van der Waals surface area contributed by atoms with Crippen molar-refractivity contribution in [2.45, 2.75) is 5.92 Å². The molecule has 54 heavy (non-hydrogen) atoms. The van der Waals surface area contributed by atoms with Crippen molar-refractivity contribution in [3.63, 3.8) is 0 Å². The molecule has 7 heteroatoms. The Morgan fingerprint density at radius 3 is 1.89 bits per heavy atom. The molecular formula is C47H28B4N2O. The maximum absolute atomic E-state index is 11.4. The van der Waals surface area contributed by atoms with Gasteiger partial charge in [-0.3, -0.25) is 4.57 Å². The number of hydrogen-bond donors (Lipinski definition) is 1. The molecule has 2 aliphatic carbocycles. The van der Waals surface area contributed by atoms with Crippen molar-refractivity contribution in [2.24, 2.45) is 5.92 Å². The Hall–Kier alpha value is -6.19. The van der Waals surface area contributed by atoms with Crippen molar-refractivity contribution in [1.29, 1.82) is 0 Å². The molecule has 0 fully saturated rings. The minimum Gasteiger partial charge on any atom is -0.506 e. The predicted molar refractivity (Wildman–Crippen MR) is 229 cm³/mol. The standard InChI is InChI=1S/C47H28B4N2O/c48-41-42(49)44(51)46(54)45(43(41)50)53-38-23-10-9-22-37(38)52-47(53)28-14-11-13-27(24-28)39-32-18-5-7-20-34(32)40(35-21-8-6-19-33(35)39)36-25-26-12-1-2-15-29(26)30-16-3-4-17-31(30)36/h1-25,30-31,54H. The van der Waals surface area contributed by atoms with Gasteiger partial charge in [0.2, 0.25) is 0 Å². The second-order valence-electron chi connectivity index (χ2n) is 14.1. The number of phenolic OH excluding ortho intramolecular Hbond substituents is 1. The van der Waals surface area contributed by atoms with E-state index in [1.54, 1.807) is 0 Å².